The number of aromatic nitrogens is 1. The summed E-state index contributed by atoms with van der Waals surface area (Å²) in [4.78, 5) is 4.32. The molecule has 0 atom stereocenters. The number of oxazole rings is 1. The first-order valence-electron chi connectivity index (χ1n) is 5.66. The van der Waals surface area contributed by atoms with Gasteiger partial charge in [-0.05, 0) is 24.3 Å². The molecule has 1 aromatic heterocycles. The van der Waals surface area contributed by atoms with Crippen LogP contribution in [-0.4, -0.2) is 15.2 Å². The molecule has 19 heavy (non-hydrogen) atoms. The SMILES string of the molecule is OC(O)c1cccc2nc(-c3cccc(Cl)c3)oc12. The van der Waals surface area contributed by atoms with Gasteiger partial charge in [-0.15, -0.1) is 0 Å². The summed E-state index contributed by atoms with van der Waals surface area (Å²) >= 11 is 5.93. The van der Waals surface area contributed by atoms with Gasteiger partial charge in [-0.1, -0.05) is 29.8 Å². The highest BCUT2D eigenvalue weighted by atomic mass is 35.5. The molecule has 0 aliphatic carbocycles. The number of rotatable bonds is 2. The number of hydrogen-bond donors (Lipinski definition) is 2. The molecule has 0 spiro atoms. The van der Waals surface area contributed by atoms with Crippen LogP contribution in [0.1, 0.15) is 11.9 Å². The molecule has 3 rings (SSSR count). The van der Waals surface area contributed by atoms with Gasteiger partial charge in [0.25, 0.3) is 0 Å². The van der Waals surface area contributed by atoms with Gasteiger partial charge in [-0.2, -0.15) is 0 Å². The number of hydrogen-bond acceptors (Lipinski definition) is 4. The van der Waals surface area contributed by atoms with E-state index in [0.29, 0.717) is 27.6 Å². The minimum Gasteiger partial charge on any atom is -0.436 e. The summed E-state index contributed by atoms with van der Waals surface area (Å²) < 4.78 is 5.61. The molecular weight excluding hydrogens is 266 g/mol. The minimum absolute atomic E-state index is 0.290. The van der Waals surface area contributed by atoms with E-state index in [1.54, 1.807) is 36.4 Å². The second kappa shape index (κ2) is 4.66. The minimum atomic E-state index is -1.59. The Labute approximate surface area is 113 Å². The third kappa shape index (κ3) is 2.21. The molecule has 0 aliphatic rings. The molecule has 4 nitrogen and oxygen atoms in total. The molecule has 3 aromatic rings. The quantitative estimate of drug-likeness (QED) is 0.705. The first-order valence-corrected chi connectivity index (χ1v) is 6.04. The van der Waals surface area contributed by atoms with Crippen LogP contribution in [0.25, 0.3) is 22.6 Å². The number of halogens is 1. The average molecular weight is 276 g/mol. The Kier molecular flexibility index (Phi) is 2.98. The van der Waals surface area contributed by atoms with Crippen LogP contribution < -0.4 is 0 Å². The molecule has 0 fully saturated rings. The van der Waals surface area contributed by atoms with E-state index in [4.69, 9.17) is 16.0 Å². The van der Waals surface area contributed by atoms with Gasteiger partial charge in [0, 0.05) is 10.6 Å². The molecule has 1 heterocycles. The predicted octanol–water partition coefficient (Wildman–Crippen LogP) is 3.13. The molecule has 2 N–H and O–H groups in total. The van der Waals surface area contributed by atoms with E-state index in [1.165, 1.54) is 0 Å². The van der Waals surface area contributed by atoms with Gasteiger partial charge >= 0.3 is 0 Å². The lowest BCUT2D eigenvalue weighted by Gasteiger charge is -2.02. The summed E-state index contributed by atoms with van der Waals surface area (Å²) in [5, 5.41) is 19.2. The highest BCUT2D eigenvalue weighted by Gasteiger charge is 2.15. The lowest BCUT2D eigenvalue weighted by atomic mass is 10.2. The van der Waals surface area contributed by atoms with E-state index >= 15 is 0 Å². The molecule has 0 radical (unpaired) electrons. The zero-order valence-electron chi connectivity index (χ0n) is 9.75. The summed E-state index contributed by atoms with van der Waals surface area (Å²) in [6, 6.07) is 12.2. The Morgan fingerprint density at radius 3 is 2.63 bits per heavy atom. The van der Waals surface area contributed by atoms with Gasteiger partial charge in [-0.25, -0.2) is 4.98 Å². The molecule has 0 saturated carbocycles. The largest absolute Gasteiger partial charge is 0.436 e. The average Bonchev–Trinajstić information content (AvgIpc) is 2.82. The Bertz CT molecular complexity index is 736. The van der Waals surface area contributed by atoms with Gasteiger partial charge in [0.2, 0.25) is 5.89 Å². The summed E-state index contributed by atoms with van der Waals surface area (Å²) in [7, 11) is 0. The summed E-state index contributed by atoms with van der Waals surface area (Å²) in [5.74, 6) is 0.394. The van der Waals surface area contributed by atoms with Crippen molar-refractivity contribution in [2.75, 3.05) is 0 Å². The number of para-hydroxylation sites is 1. The fourth-order valence-electron chi connectivity index (χ4n) is 1.92. The molecule has 2 aromatic carbocycles. The number of fused-ring (bicyclic) bond motifs is 1. The van der Waals surface area contributed by atoms with Crippen molar-refractivity contribution in [1.29, 1.82) is 0 Å². The van der Waals surface area contributed by atoms with Crippen LogP contribution in [0, 0.1) is 0 Å². The van der Waals surface area contributed by atoms with Crippen molar-refractivity contribution in [3.05, 3.63) is 53.1 Å². The standard InChI is InChI=1S/C14H10ClNO3/c15-9-4-1-3-8(7-9)13-16-11-6-2-5-10(14(17)18)12(11)19-13/h1-7,14,17-18H. The number of benzene rings is 2. The van der Waals surface area contributed by atoms with E-state index in [1.807, 2.05) is 6.07 Å². The second-order valence-electron chi connectivity index (χ2n) is 4.10. The van der Waals surface area contributed by atoms with E-state index < -0.39 is 6.29 Å². The van der Waals surface area contributed by atoms with Gasteiger partial charge in [0.15, 0.2) is 11.9 Å². The number of nitrogens with zero attached hydrogens (tertiary/aromatic N) is 1. The summed E-state index contributed by atoms with van der Waals surface area (Å²) in [5.41, 5.74) is 1.97. The van der Waals surface area contributed by atoms with Crippen molar-refractivity contribution in [2.24, 2.45) is 0 Å². The highest BCUT2D eigenvalue weighted by Crippen LogP contribution is 2.29. The molecule has 0 saturated heterocycles. The van der Waals surface area contributed by atoms with Gasteiger partial charge in [-0.3, -0.25) is 0 Å². The smallest absolute Gasteiger partial charge is 0.227 e. The fraction of sp³-hybridized carbons (Fsp3) is 0.0714. The van der Waals surface area contributed by atoms with Gasteiger partial charge in [0.1, 0.15) is 5.52 Å². The van der Waals surface area contributed by atoms with Crippen LogP contribution in [0.3, 0.4) is 0 Å². The maximum atomic E-state index is 9.29. The van der Waals surface area contributed by atoms with Gasteiger partial charge < -0.3 is 14.6 Å². The second-order valence-corrected chi connectivity index (χ2v) is 4.53. The van der Waals surface area contributed by atoms with E-state index in [-0.39, 0.29) is 0 Å². The van der Waals surface area contributed by atoms with Crippen LogP contribution >= 0.6 is 11.6 Å². The Balaban J connectivity index is 2.19. The van der Waals surface area contributed by atoms with Crippen molar-refractivity contribution in [2.45, 2.75) is 6.29 Å². The molecule has 0 unspecified atom stereocenters. The molecular formula is C14H10ClNO3. The van der Waals surface area contributed by atoms with E-state index in [2.05, 4.69) is 4.98 Å². The maximum absolute atomic E-state index is 9.29. The van der Waals surface area contributed by atoms with Crippen molar-refractivity contribution in [1.82, 2.24) is 4.98 Å². The topological polar surface area (TPSA) is 66.5 Å². The Hall–Kier alpha value is -1.88. The fourth-order valence-corrected chi connectivity index (χ4v) is 2.11. The van der Waals surface area contributed by atoms with Crippen LogP contribution in [0.5, 0.6) is 0 Å². The third-order valence-electron chi connectivity index (χ3n) is 2.80. The van der Waals surface area contributed by atoms with Gasteiger partial charge in [0.05, 0.1) is 5.56 Å². The third-order valence-corrected chi connectivity index (χ3v) is 3.03. The molecule has 0 aliphatic heterocycles. The zero-order chi connectivity index (χ0) is 13.4. The van der Waals surface area contributed by atoms with Crippen LogP contribution in [0.2, 0.25) is 5.02 Å². The number of aliphatic hydroxyl groups is 2. The Morgan fingerprint density at radius 2 is 1.89 bits per heavy atom. The van der Waals surface area contributed by atoms with Crippen LogP contribution in [0.4, 0.5) is 0 Å². The van der Waals surface area contributed by atoms with Crippen molar-refractivity contribution in [3.8, 4) is 11.5 Å². The summed E-state index contributed by atoms with van der Waals surface area (Å²) in [6.07, 6.45) is -1.59. The van der Waals surface area contributed by atoms with Crippen LogP contribution in [0.15, 0.2) is 46.9 Å². The lowest BCUT2D eigenvalue weighted by molar-refractivity contribution is -0.0418. The van der Waals surface area contributed by atoms with Crippen molar-refractivity contribution < 1.29 is 14.6 Å². The summed E-state index contributed by atoms with van der Waals surface area (Å²) in [6.45, 7) is 0. The van der Waals surface area contributed by atoms with Crippen molar-refractivity contribution in [3.63, 3.8) is 0 Å². The monoisotopic (exact) mass is 275 g/mol. The molecule has 0 bridgehead atoms. The Morgan fingerprint density at radius 1 is 1.11 bits per heavy atom. The molecule has 5 heteroatoms. The molecule has 96 valence electrons. The van der Waals surface area contributed by atoms with Crippen LogP contribution in [-0.2, 0) is 0 Å². The maximum Gasteiger partial charge on any atom is 0.227 e. The number of aliphatic hydroxyl groups excluding tert-OH is 1. The van der Waals surface area contributed by atoms with E-state index in [9.17, 15) is 10.2 Å². The highest BCUT2D eigenvalue weighted by molar-refractivity contribution is 6.30. The predicted molar refractivity (Wildman–Crippen MR) is 71.6 cm³/mol. The normalized spacial score (nSPS) is 11.4. The lowest BCUT2D eigenvalue weighted by Crippen LogP contribution is -1.94. The first kappa shape index (κ1) is 12.2. The first-order chi connectivity index (χ1) is 9.15. The van der Waals surface area contributed by atoms with Crippen molar-refractivity contribution >= 4 is 22.7 Å². The van der Waals surface area contributed by atoms with E-state index in [0.717, 1.165) is 5.56 Å². The molecule has 0 amide bonds. The zero-order valence-corrected chi connectivity index (χ0v) is 10.5.